The molecular weight excluding hydrogens is 338 g/mol. The summed E-state index contributed by atoms with van der Waals surface area (Å²) < 4.78 is 0. The molecular formula is C19H20ClN3O2. The van der Waals surface area contributed by atoms with E-state index in [4.69, 9.17) is 11.6 Å². The fraction of sp³-hybridized carbons (Fsp3) is 0.316. The summed E-state index contributed by atoms with van der Waals surface area (Å²) in [5, 5.41) is 3.22. The van der Waals surface area contributed by atoms with Crippen molar-refractivity contribution in [2.24, 2.45) is 5.92 Å². The van der Waals surface area contributed by atoms with Crippen LogP contribution in [0.4, 0.5) is 5.69 Å². The second kappa shape index (κ2) is 7.66. The maximum absolute atomic E-state index is 12.6. The van der Waals surface area contributed by atoms with Crippen molar-refractivity contribution >= 4 is 29.1 Å². The van der Waals surface area contributed by atoms with Crippen molar-refractivity contribution < 1.29 is 9.59 Å². The smallest absolute Gasteiger partial charge is 0.272 e. The topological polar surface area (TPSA) is 62.3 Å². The maximum atomic E-state index is 12.6. The fourth-order valence-electron chi connectivity index (χ4n) is 2.98. The Morgan fingerprint density at radius 2 is 2.08 bits per heavy atom. The lowest BCUT2D eigenvalue weighted by molar-refractivity contribution is 0.0677. The Morgan fingerprint density at radius 1 is 1.28 bits per heavy atom. The molecule has 1 aliphatic rings. The number of para-hydroxylation sites is 1. The van der Waals surface area contributed by atoms with Gasteiger partial charge in [0, 0.05) is 24.8 Å². The first kappa shape index (κ1) is 17.4. The molecule has 0 radical (unpaired) electrons. The Hall–Kier alpha value is -2.40. The Kier molecular flexibility index (Phi) is 5.34. The SMILES string of the molecule is CC1CCCN(C(=O)c2cc(C(=O)Nc3ccccc3Cl)ccn2)C1. The van der Waals surface area contributed by atoms with E-state index in [0.29, 0.717) is 27.9 Å². The van der Waals surface area contributed by atoms with Gasteiger partial charge in [0.25, 0.3) is 11.8 Å². The number of amides is 2. The summed E-state index contributed by atoms with van der Waals surface area (Å²) >= 11 is 6.06. The molecule has 130 valence electrons. The van der Waals surface area contributed by atoms with Gasteiger partial charge in [-0.15, -0.1) is 0 Å². The molecule has 0 saturated carbocycles. The van der Waals surface area contributed by atoms with Crippen LogP contribution in [-0.2, 0) is 0 Å². The molecule has 1 aromatic heterocycles. The molecule has 0 bridgehead atoms. The zero-order valence-corrected chi connectivity index (χ0v) is 14.8. The third kappa shape index (κ3) is 4.17. The van der Waals surface area contributed by atoms with Crippen LogP contribution in [0.25, 0.3) is 0 Å². The van der Waals surface area contributed by atoms with E-state index in [1.165, 1.54) is 12.3 Å². The summed E-state index contributed by atoms with van der Waals surface area (Å²) in [6, 6.07) is 10.1. The summed E-state index contributed by atoms with van der Waals surface area (Å²) in [4.78, 5) is 31.1. The van der Waals surface area contributed by atoms with Crippen LogP contribution in [0, 0.1) is 5.92 Å². The first-order valence-electron chi connectivity index (χ1n) is 8.36. The molecule has 1 N–H and O–H groups in total. The van der Waals surface area contributed by atoms with E-state index >= 15 is 0 Å². The lowest BCUT2D eigenvalue weighted by Gasteiger charge is -2.30. The van der Waals surface area contributed by atoms with Crippen molar-refractivity contribution in [2.45, 2.75) is 19.8 Å². The zero-order valence-electron chi connectivity index (χ0n) is 14.0. The third-order valence-electron chi connectivity index (χ3n) is 4.31. The molecule has 5 nitrogen and oxygen atoms in total. The molecule has 1 saturated heterocycles. The van der Waals surface area contributed by atoms with Gasteiger partial charge in [-0.2, -0.15) is 0 Å². The number of nitrogens with one attached hydrogen (secondary N) is 1. The number of pyridine rings is 1. The first-order chi connectivity index (χ1) is 12.0. The molecule has 1 atom stereocenters. The molecule has 2 heterocycles. The summed E-state index contributed by atoms with van der Waals surface area (Å²) in [7, 11) is 0. The van der Waals surface area contributed by atoms with Crippen LogP contribution in [0.5, 0.6) is 0 Å². The molecule has 1 unspecified atom stereocenters. The molecule has 2 amide bonds. The highest BCUT2D eigenvalue weighted by atomic mass is 35.5. The van der Waals surface area contributed by atoms with Crippen LogP contribution in [0.3, 0.4) is 0 Å². The van der Waals surface area contributed by atoms with E-state index in [2.05, 4.69) is 17.2 Å². The Bertz CT molecular complexity index is 794. The predicted molar refractivity (Wildman–Crippen MR) is 97.9 cm³/mol. The van der Waals surface area contributed by atoms with Crippen LogP contribution >= 0.6 is 11.6 Å². The molecule has 0 spiro atoms. The van der Waals surface area contributed by atoms with Crippen LogP contribution in [-0.4, -0.2) is 34.8 Å². The minimum absolute atomic E-state index is 0.126. The van der Waals surface area contributed by atoms with E-state index in [1.54, 1.807) is 30.3 Å². The molecule has 1 aromatic carbocycles. The normalized spacial score (nSPS) is 17.2. The number of likely N-dealkylation sites (tertiary alicyclic amines) is 1. The fourth-order valence-corrected chi connectivity index (χ4v) is 3.16. The number of hydrogen-bond acceptors (Lipinski definition) is 3. The van der Waals surface area contributed by atoms with Gasteiger partial charge in [-0.1, -0.05) is 30.7 Å². The average molecular weight is 358 g/mol. The molecule has 0 aliphatic carbocycles. The standard InChI is InChI=1S/C19H20ClN3O2/c1-13-5-4-10-23(12-13)19(25)17-11-14(8-9-21-17)18(24)22-16-7-3-2-6-15(16)20/h2-3,6-9,11,13H,4-5,10,12H2,1H3,(H,22,24). The van der Waals surface area contributed by atoms with Crippen molar-refractivity contribution in [1.29, 1.82) is 0 Å². The summed E-state index contributed by atoms with van der Waals surface area (Å²) in [5.41, 5.74) is 1.20. The quantitative estimate of drug-likeness (QED) is 0.907. The van der Waals surface area contributed by atoms with Crippen molar-refractivity contribution in [2.75, 3.05) is 18.4 Å². The molecule has 1 fully saturated rings. The van der Waals surface area contributed by atoms with Gasteiger partial charge in [0.1, 0.15) is 5.69 Å². The van der Waals surface area contributed by atoms with E-state index in [1.807, 2.05) is 4.90 Å². The predicted octanol–water partition coefficient (Wildman–Crippen LogP) is 3.86. The molecule has 3 rings (SSSR count). The van der Waals surface area contributed by atoms with Gasteiger partial charge in [0.05, 0.1) is 10.7 Å². The molecule has 1 aliphatic heterocycles. The molecule has 6 heteroatoms. The Balaban J connectivity index is 1.75. The average Bonchev–Trinajstić information content (AvgIpc) is 2.63. The van der Waals surface area contributed by atoms with E-state index in [0.717, 1.165) is 25.9 Å². The summed E-state index contributed by atoms with van der Waals surface area (Å²) in [6.45, 7) is 3.61. The number of rotatable bonds is 3. The number of halogens is 1. The summed E-state index contributed by atoms with van der Waals surface area (Å²) in [6.07, 6.45) is 3.62. The van der Waals surface area contributed by atoms with Gasteiger partial charge < -0.3 is 10.2 Å². The molecule has 25 heavy (non-hydrogen) atoms. The first-order valence-corrected chi connectivity index (χ1v) is 8.73. The maximum Gasteiger partial charge on any atom is 0.272 e. The lowest BCUT2D eigenvalue weighted by atomic mass is 10.00. The Labute approximate surface area is 152 Å². The molecule has 2 aromatic rings. The van der Waals surface area contributed by atoms with Crippen LogP contribution in [0.1, 0.15) is 40.6 Å². The minimum atomic E-state index is -0.323. The third-order valence-corrected chi connectivity index (χ3v) is 4.64. The van der Waals surface area contributed by atoms with E-state index < -0.39 is 0 Å². The number of carbonyl (C=O) groups is 2. The Morgan fingerprint density at radius 3 is 2.84 bits per heavy atom. The number of hydrogen-bond donors (Lipinski definition) is 1. The largest absolute Gasteiger partial charge is 0.337 e. The van der Waals surface area contributed by atoms with Crippen molar-refractivity contribution in [1.82, 2.24) is 9.88 Å². The van der Waals surface area contributed by atoms with Crippen LogP contribution < -0.4 is 5.32 Å². The number of piperidine rings is 1. The zero-order chi connectivity index (χ0) is 17.8. The number of nitrogens with zero attached hydrogens (tertiary/aromatic N) is 2. The number of benzene rings is 1. The van der Waals surface area contributed by atoms with Gasteiger partial charge in [-0.25, -0.2) is 0 Å². The van der Waals surface area contributed by atoms with Crippen molar-refractivity contribution in [3.8, 4) is 0 Å². The second-order valence-electron chi connectivity index (χ2n) is 6.36. The lowest BCUT2D eigenvalue weighted by Crippen LogP contribution is -2.39. The van der Waals surface area contributed by atoms with Crippen molar-refractivity contribution in [3.05, 3.63) is 58.9 Å². The second-order valence-corrected chi connectivity index (χ2v) is 6.77. The van der Waals surface area contributed by atoms with E-state index in [9.17, 15) is 9.59 Å². The van der Waals surface area contributed by atoms with Crippen LogP contribution in [0.2, 0.25) is 5.02 Å². The highest BCUT2D eigenvalue weighted by molar-refractivity contribution is 6.33. The van der Waals surface area contributed by atoms with Gasteiger partial charge in [0.2, 0.25) is 0 Å². The van der Waals surface area contributed by atoms with Crippen LogP contribution in [0.15, 0.2) is 42.6 Å². The van der Waals surface area contributed by atoms with Gasteiger partial charge in [0.15, 0.2) is 0 Å². The summed E-state index contributed by atoms with van der Waals surface area (Å²) in [5.74, 6) is 0.0416. The number of carbonyl (C=O) groups excluding carboxylic acids is 2. The highest BCUT2D eigenvalue weighted by Crippen LogP contribution is 2.22. The highest BCUT2D eigenvalue weighted by Gasteiger charge is 2.23. The van der Waals surface area contributed by atoms with Gasteiger partial charge in [-0.05, 0) is 43.0 Å². The number of anilines is 1. The van der Waals surface area contributed by atoms with Gasteiger partial charge in [-0.3, -0.25) is 14.6 Å². The van der Waals surface area contributed by atoms with E-state index in [-0.39, 0.29) is 11.8 Å². The van der Waals surface area contributed by atoms with Crippen molar-refractivity contribution in [3.63, 3.8) is 0 Å². The monoisotopic (exact) mass is 357 g/mol. The minimum Gasteiger partial charge on any atom is -0.337 e. The number of aromatic nitrogens is 1. The van der Waals surface area contributed by atoms with Gasteiger partial charge >= 0.3 is 0 Å².